The normalized spacial score (nSPS) is 6.67. The van der Waals surface area contributed by atoms with Crippen LogP contribution in [0.1, 0.15) is 24.3 Å². The van der Waals surface area contributed by atoms with Crippen LogP contribution in [0.4, 0.5) is 0 Å². The lowest BCUT2D eigenvalue weighted by Crippen LogP contribution is -1.80. The topological polar surface area (TPSA) is 50.2 Å². The van der Waals surface area contributed by atoms with Gasteiger partial charge in [-0.1, -0.05) is 19.9 Å². The minimum absolute atomic E-state index is 0.479. The van der Waals surface area contributed by atoms with Gasteiger partial charge in [0.1, 0.15) is 5.69 Å². The van der Waals surface area contributed by atoms with E-state index in [1.54, 1.807) is 24.4 Å². The Morgan fingerprint density at radius 2 is 1.92 bits per heavy atom. The van der Waals surface area contributed by atoms with Crippen molar-refractivity contribution in [2.24, 2.45) is 0 Å². The van der Waals surface area contributed by atoms with E-state index < -0.39 is 0 Å². The number of nitrogens with zero attached hydrogens (tertiary/aromatic N) is 1. The Morgan fingerprint density at radius 1 is 1.33 bits per heavy atom. The first-order valence-corrected chi connectivity index (χ1v) is 3.74. The maximum absolute atomic E-state index is 9.94. The molecule has 12 heavy (non-hydrogen) atoms. The zero-order valence-corrected chi connectivity index (χ0v) is 7.69. The number of hydrogen-bond acceptors (Lipinski definition) is 3. The van der Waals surface area contributed by atoms with Gasteiger partial charge in [0.05, 0.1) is 0 Å². The predicted octanol–water partition coefficient (Wildman–Crippen LogP) is 1.53. The van der Waals surface area contributed by atoms with Crippen LogP contribution >= 0.6 is 0 Å². The Labute approximate surface area is 73.1 Å². The summed E-state index contributed by atoms with van der Waals surface area (Å²) >= 11 is 0. The van der Waals surface area contributed by atoms with Crippen LogP contribution in [0, 0.1) is 0 Å². The van der Waals surface area contributed by atoms with Gasteiger partial charge in [-0.2, -0.15) is 0 Å². The Morgan fingerprint density at radius 3 is 2.17 bits per heavy atom. The molecule has 0 atom stereocenters. The average Bonchev–Trinajstić information content (AvgIpc) is 2.25. The van der Waals surface area contributed by atoms with Crippen LogP contribution < -0.4 is 0 Å². The predicted molar refractivity (Wildman–Crippen MR) is 49.1 cm³/mol. The molecular weight excluding hydrogens is 154 g/mol. The summed E-state index contributed by atoms with van der Waals surface area (Å²) in [5, 5.41) is 7.00. The van der Waals surface area contributed by atoms with E-state index in [4.69, 9.17) is 5.11 Å². The molecule has 1 aromatic rings. The molecule has 1 heterocycles. The Balaban J connectivity index is 0. The van der Waals surface area contributed by atoms with E-state index >= 15 is 0 Å². The molecule has 1 aromatic heterocycles. The molecule has 0 unspecified atom stereocenters. The van der Waals surface area contributed by atoms with Crippen LogP contribution in [0.15, 0.2) is 24.4 Å². The van der Waals surface area contributed by atoms with Gasteiger partial charge < -0.3 is 5.11 Å². The lowest BCUT2D eigenvalue weighted by molar-refractivity contribution is 0.111. The lowest BCUT2D eigenvalue weighted by atomic mass is 10.4. The molecule has 3 heteroatoms. The highest BCUT2D eigenvalue weighted by Gasteiger charge is 1.81. The Bertz CT molecular complexity index is 175. The molecule has 0 spiro atoms. The van der Waals surface area contributed by atoms with Crippen molar-refractivity contribution in [1.29, 1.82) is 0 Å². The van der Waals surface area contributed by atoms with Crippen molar-refractivity contribution < 1.29 is 9.90 Å². The Hall–Kier alpha value is -1.22. The zero-order valence-electron chi connectivity index (χ0n) is 7.69. The number of carbonyl (C=O) groups excluding carboxylic acids is 1. The van der Waals surface area contributed by atoms with Crippen molar-refractivity contribution in [2.75, 3.05) is 7.11 Å². The molecule has 0 saturated heterocycles. The molecule has 0 bridgehead atoms. The van der Waals surface area contributed by atoms with Gasteiger partial charge in [-0.15, -0.1) is 0 Å². The average molecular weight is 169 g/mol. The first-order valence-electron chi connectivity index (χ1n) is 3.74. The molecule has 0 saturated carbocycles. The number of carbonyl (C=O) groups is 1. The number of aliphatic hydroxyl groups is 1. The highest BCUT2D eigenvalue weighted by molar-refractivity contribution is 5.71. The van der Waals surface area contributed by atoms with Gasteiger partial charge in [-0.05, 0) is 12.1 Å². The first-order chi connectivity index (χ1) is 5.93. The number of pyridine rings is 1. The van der Waals surface area contributed by atoms with E-state index in [9.17, 15) is 4.79 Å². The molecule has 0 radical (unpaired) electrons. The van der Waals surface area contributed by atoms with Gasteiger partial charge in [-0.3, -0.25) is 9.78 Å². The summed E-state index contributed by atoms with van der Waals surface area (Å²) in [4.78, 5) is 13.7. The van der Waals surface area contributed by atoms with Crippen LogP contribution in [-0.4, -0.2) is 23.5 Å². The third-order valence-electron chi connectivity index (χ3n) is 0.809. The van der Waals surface area contributed by atoms with E-state index in [1.807, 2.05) is 13.8 Å². The maximum atomic E-state index is 9.94. The SMILES string of the molecule is CC.CO.O=Cc1ccccn1. The second-order valence-electron chi connectivity index (χ2n) is 1.37. The standard InChI is InChI=1S/C6H5NO.C2H6.CH4O/c8-5-6-3-1-2-4-7-6;2*1-2/h1-5H;1-2H3;2H,1H3. The molecular formula is C9H15NO2. The molecule has 0 amide bonds. The number of rotatable bonds is 1. The number of hydrogen-bond donors (Lipinski definition) is 1. The quantitative estimate of drug-likeness (QED) is 0.648. The van der Waals surface area contributed by atoms with Crippen molar-refractivity contribution >= 4 is 6.29 Å². The molecule has 1 rings (SSSR count). The fourth-order valence-electron chi connectivity index (χ4n) is 0.446. The third-order valence-corrected chi connectivity index (χ3v) is 0.809. The third kappa shape index (κ3) is 6.89. The minimum atomic E-state index is 0.479. The number of aromatic nitrogens is 1. The molecule has 0 fully saturated rings. The summed E-state index contributed by atoms with van der Waals surface area (Å²) in [6.45, 7) is 4.00. The molecule has 3 nitrogen and oxygen atoms in total. The second-order valence-corrected chi connectivity index (χ2v) is 1.37. The zero-order chi connectivity index (χ0) is 9.82. The maximum Gasteiger partial charge on any atom is 0.168 e. The summed E-state index contributed by atoms with van der Waals surface area (Å²) in [5.41, 5.74) is 0.479. The van der Waals surface area contributed by atoms with Crippen molar-refractivity contribution in [3.63, 3.8) is 0 Å². The van der Waals surface area contributed by atoms with E-state index in [1.165, 1.54) is 0 Å². The molecule has 0 aliphatic heterocycles. The van der Waals surface area contributed by atoms with Crippen molar-refractivity contribution in [3.05, 3.63) is 30.1 Å². The van der Waals surface area contributed by atoms with Gasteiger partial charge in [-0.25, -0.2) is 0 Å². The fourth-order valence-corrected chi connectivity index (χ4v) is 0.446. The van der Waals surface area contributed by atoms with Crippen LogP contribution in [-0.2, 0) is 0 Å². The van der Waals surface area contributed by atoms with Gasteiger partial charge in [0.25, 0.3) is 0 Å². The smallest absolute Gasteiger partial charge is 0.168 e. The second kappa shape index (κ2) is 12.5. The molecule has 0 aromatic carbocycles. The monoisotopic (exact) mass is 169 g/mol. The highest BCUT2D eigenvalue weighted by atomic mass is 16.2. The minimum Gasteiger partial charge on any atom is -0.400 e. The largest absolute Gasteiger partial charge is 0.400 e. The van der Waals surface area contributed by atoms with E-state index in [-0.39, 0.29) is 0 Å². The van der Waals surface area contributed by atoms with Crippen LogP contribution in [0.2, 0.25) is 0 Å². The molecule has 0 aliphatic carbocycles. The highest BCUT2D eigenvalue weighted by Crippen LogP contribution is 1.85. The molecule has 0 aliphatic rings. The summed E-state index contributed by atoms with van der Waals surface area (Å²) in [5.74, 6) is 0. The van der Waals surface area contributed by atoms with Crippen molar-refractivity contribution in [1.82, 2.24) is 4.98 Å². The Kier molecular flexibility index (Phi) is 13.9. The summed E-state index contributed by atoms with van der Waals surface area (Å²) in [7, 11) is 1.00. The van der Waals surface area contributed by atoms with Crippen LogP contribution in [0.5, 0.6) is 0 Å². The summed E-state index contributed by atoms with van der Waals surface area (Å²) < 4.78 is 0. The van der Waals surface area contributed by atoms with Crippen molar-refractivity contribution in [2.45, 2.75) is 13.8 Å². The van der Waals surface area contributed by atoms with E-state index in [0.717, 1.165) is 13.4 Å². The summed E-state index contributed by atoms with van der Waals surface area (Å²) in [6.07, 6.45) is 2.31. The number of aldehydes is 1. The van der Waals surface area contributed by atoms with Gasteiger partial charge in [0.15, 0.2) is 6.29 Å². The van der Waals surface area contributed by atoms with Crippen LogP contribution in [0.25, 0.3) is 0 Å². The van der Waals surface area contributed by atoms with Crippen LogP contribution in [0.3, 0.4) is 0 Å². The number of aliphatic hydroxyl groups excluding tert-OH is 1. The molecule has 1 N–H and O–H groups in total. The van der Waals surface area contributed by atoms with Gasteiger partial charge in [0, 0.05) is 13.3 Å². The van der Waals surface area contributed by atoms with Gasteiger partial charge in [0.2, 0.25) is 0 Å². The van der Waals surface area contributed by atoms with E-state index in [2.05, 4.69) is 4.98 Å². The van der Waals surface area contributed by atoms with E-state index in [0.29, 0.717) is 5.69 Å². The fraction of sp³-hybridized carbons (Fsp3) is 0.333. The lowest BCUT2D eigenvalue weighted by Gasteiger charge is -1.81. The summed E-state index contributed by atoms with van der Waals surface area (Å²) in [6, 6.07) is 5.21. The molecule has 68 valence electrons. The van der Waals surface area contributed by atoms with Crippen molar-refractivity contribution in [3.8, 4) is 0 Å². The van der Waals surface area contributed by atoms with Gasteiger partial charge >= 0.3 is 0 Å². The first kappa shape index (κ1) is 13.4.